The van der Waals surface area contributed by atoms with Gasteiger partial charge in [-0.2, -0.15) is 0 Å². The lowest BCUT2D eigenvalue weighted by atomic mass is 10.0. The van der Waals surface area contributed by atoms with Gasteiger partial charge in [0.1, 0.15) is 0 Å². The quantitative estimate of drug-likeness (QED) is 0.114. The van der Waals surface area contributed by atoms with Crippen LogP contribution in [0.1, 0.15) is 0 Å². The van der Waals surface area contributed by atoms with Crippen molar-refractivity contribution in [3.8, 4) is 22.5 Å². The van der Waals surface area contributed by atoms with Gasteiger partial charge < -0.3 is 9.13 Å². The fourth-order valence-corrected chi connectivity index (χ4v) is 14.5. The molecule has 9 aromatic carbocycles. The summed E-state index contributed by atoms with van der Waals surface area (Å²) in [4.78, 5) is 0. The second-order valence-electron chi connectivity index (χ2n) is 14.9. The van der Waals surface area contributed by atoms with Gasteiger partial charge in [-0.05, 0) is 80.4 Å². The fraction of sp³-hybridized carbons (Fsp3) is 0. The predicted molar refractivity (Wildman–Crippen MR) is 244 cm³/mol. The van der Waals surface area contributed by atoms with Crippen molar-refractivity contribution in [2.24, 2.45) is 0 Å². The maximum Gasteiger partial charge on any atom is 0.180 e. The number of aromatic nitrogens is 2. The summed E-state index contributed by atoms with van der Waals surface area (Å²) in [5, 5.41) is 10.5. The highest BCUT2D eigenvalue weighted by molar-refractivity contribution is 7.20. The maximum atomic E-state index is 2.53. The third kappa shape index (κ3) is 5.17. The summed E-state index contributed by atoms with van der Waals surface area (Å²) in [5.41, 5.74) is 9.53. The Bertz CT molecular complexity index is 3110. The Hall–Kier alpha value is -7.20. The van der Waals surface area contributed by atoms with E-state index in [0.29, 0.717) is 0 Å². The lowest BCUT2D eigenvalue weighted by molar-refractivity contribution is 1.17. The first-order valence-corrected chi connectivity index (χ1v) is 21.7. The van der Waals surface area contributed by atoms with Crippen molar-refractivity contribution in [2.45, 2.75) is 0 Å². The zero-order chi connectivity index (χ0) is 37.8. The van der Waals surface area contributed by atoms with E-state index in [1.807, 2.05) is 0 Å². The van der Waals surface area contributed by atoms with Gasteiger partial charge in [-0.15, -0.1) is 0 Å². The van der Waals surface area contributed by atoms with Gasteiger partial charge in [0, 0.05) is 32.9 Å². The van der Waals surface area contributed by atoms with Crippen LogP contribution in [-0.2, 0) is 0 Å². The molecule has 3 heteroatoms. The molecule has 11 rings (SSSR count). The molecule has 0 aliphatic heterocycles. The molecule has 57 heavy (non-hydrogen) atoms. The van der Waals surface area contributed by atoms with E-state index in [1.54, 1.807) is 0 Å². The molecule has 0 saturated heterocycles. The summed E-state index contributed by atoms with van der Waals surface area (Å²) >= 11 is 0. The Balaban J connectivity index is 1.31. The number of hydrogen-bond acceptors (Lipinski definition) is 0. The van der Waals surface area contributed by atoms with Crippen molar-refractivity contribution >= 4 is 72.4 Å². The van der Waals surface area contributed by atoms with E-state index in [1.165, 1.54) is 75.5 Å². The van der Waals surface area contributed by atoms with Crippen molar-refractivity contribution in [1.29, 1.82) is 0 Å². The SMILES string of the molecule is c1ccc(-c2cc([Si](c3ccccc3)(c3ccccc3)c3ccccc3)c3c4ccccc4n(-c4ccc5c(c4)c4ccccc4n5-c4ccccc4)c3c2)cc1. The molecule has 0 bridgehead atoms. The number of nitrogens with zero attached hydrogens (tertiary/aromatic N) is 2. The molecule has 0 aliphatic rings. The lowest BCUT2D eigenvalue weighted by Crippen LogP contribution is -2.74. The maximum absolute atomic E-state index is 2.96. The highest BCUT2D eigenvalue weighted by Crippen LogP contribution is 2.38. The van der Waals surface area contributed by atoms with Crippen molar-refractivity contribution in [2.75, 3.05) is 0 Å². The molecule has 0 aliphatic carbocycles. The molecule has 2 nitrogen and oxygen atoms in total. The van der Waals surface area contributed by atoms with Crippen LogP contribution in [0.5, 0.6) is 0 Å². The third-order valence-electron chi connectivity index (χ3n) is 11.8. The Morgan fingerprint density at radius 1 is 0.281 bits per heavy atom. The zero-order valence-corrected chi connectivity index (χ0v) is 32.3. The van der Waals surface area contributed by atoms with Gasteiger partial charge in [-0.25, -0.2) is 0 Å². The van der Waals surface area contributed by atoms with E-state index in [2.05, 4.69) is 240 Å². The van der Waals surface area contributed by atoms with E-state index in [-0.39, 0.29) is 0 Å². The fourth-order valence-electron chi connectivity index (χ4n) is 9.45. The Morgan fingerprint density at radius 3 is 1.33 bits per heavy atom. The monoisotopic (exact) mass is 742 g/mol. The van der Waals surface area contributed by atoms with Crippen LogP contribution in [0.2, 0.25) is 0 Å². The van der Waals surface area contributed by atoms with Crippen LogP contribution in [-0.4, -0.2) is 17.2 Å². The molecule has 0 amide bonds. The molecule has 268 valence electrons. The highest BCUT2D eigenvalue weighted by Gasteiger charge is 2.43. The van der Waals surface area contributed by atoms with Crippen LogP contribution >= 0.6 is 0 Å². The summed E-state index contributed by atoms with van der Waals surface area (Å²) in [6, 6.07) is 85.4. The molecule has 2 heterocycles. The first kappa shape index (κ1) is 33.2. The molecule has 2 aromatic heterocycles. The van der Waals surface area contributed by atoms with E-state index in [4.69, 9.17) is 0 Å². The summed E-state index contributed by atoms with van der Waals surface area (Å²) in [6.07, 6.45) is 0. The highest BCUT2D eigenvalue weighted by atomic mass is 28.3. The summed E-state index contributed by atoms with van der Waals surface area (Å²) in [6.45, 7) is 0. The topological polar surface area (TPSA) is 9.86 Å². The average molecular weight is 743 g/mol. The van der Waals surface area contributed by atoms with Gasteiger partial charge in [0.05, 0.1) is 22.1 Å². The second-order valence-corrected chi connectivity index (χ2v) is 18.6. The number of benzene rings is 9. The summed E-state index contributed by atoms with van der Waals surface area (Å²) < 4.78 is 4.92. The number of rotatable bonds is 7. The lowest BCUT2D eigenvalue weighted by Gasteiger charge is -2.35. The van der Waals surface area contributed by atoms with E-state index < -0.39 is 8.07 Å². The number of fused-ring (bicyclic) bond motifs is 6. The predicted octanol–water partition coefficient (Wildman–Crippen LogP) is 10.9. The smallest absolute Gasteiger partial charge is 0.180 e. The Kier molecular flexibility index (Phi) is 7.87. The average Bonchev–Trinajstić information content (AvgIpc) is 3.81. The molecule has 0 spiro atoms. The van der Waals surface area contributed by atoms with Crippen LogP contribution in [0.15, 0.2) is 231 Å². The Labute approximate surface area is 333 Å². The molecule has 0 unspecified atom stereocenters. The molecular weight excluding hydrogens is 705 g/mol. The van der Waals surface area contributed by atoms with Gasteiger partial charge in [0.25, 0.3) is 0 Å². The standard InChI is InChI=1S/C54H38N2Si/c1-6-20-39(21-7-1)40-36-52-54(53(37-40)57(43-24-10-3-11-25-43,44-26-12-4-13-27-44)45-28-14-5-15-29-45)47-31-17-19-33-50(47)56(52)42-34-35-51-48(38-42)46-30-16-18-32-49(46)55(51)41-22-8-2-9-23-41/h1-38H. The molecule has 0 N–H and O–H groups in total. The minimum atomic E-state index is -2.96. The van der Waals surface area contributed by atoms with E-state index >= 15 is 0 Å². The molecule has 11 aromatic rings. The molecule has 0 saturated carbocycles. The Morgan fingerprint density at radius 2 is 0.737 bits per heavy atom. The number of hydrogen-bond donors (Lipinski definition) is 0. The van der Waals surface area contributed by atoms with Crippen LogP contribution < -0.4 is 20.7 Å². The first-order chi connectivity index (χ1) is 28.3. The summed E-state index contributed by atoms with van der Waals surface area (Å²) in [5.74, 6) is 0. The van der Waals surface area contributed by atoms with Crippen LogP contribution in [0, 0.1) is 0 Å². The van der Waals surface area contributed by atoms with Crippen molar-refractivity contribution < 1.29 is 0 Å². The normalized spacial score (nSPS) is 11.9. The van der Waals surface area contributed by atoms with E-state index in [9.17, 15) is 0 Å². The third-order valence-corrected chi connectivity index (χ3v) is 16.6. The van der Waals surface area contributed by atoms with Crippen molar-refractivity contribution in [1.82, 2.24) is 9.13 Å². The summed E-state index contributed by atoms with van der Waals surface area (Å²) in [7, 11) is -2.96. The zero-order valence-electron chi connectivity index (χ0n) is 31.3. The minimum absolute atomic E-state index is 1.15. The van der Waals surface area contributed by atoms with Crippen molar-refractivity contribution in [3.05, 3.63) is 231 Å². The van der Waals surface area contributed by atoms with Crippen LogP contribution in [0.25, 0.3) is 66.1 Å². The molecule has 0 fully saturated rings. The largest absolute Gasteiger partial charge is 0.309 e. The van der Waals surface area contributed by atoms with Crippen LogP contribution in [0.4, 0.5) is 0 Å². The van der Waals surface area contributed by atoms with Gasteiger partial charge in [0.15, 0.2) is 8.07 Å². The second kappa shape index (κ2) is 13.5. The van der Waals surface area contributed by atoms with Gasteiger partial charge in [-0.3, -0.25) is 0 Å². The van der Waals surface area contributed by atoms with Gasteiger partial charge in [0.2, 0.25) is 0 Å². The van der Waals surface area contributed by atoms with Crippen molar-refractivity contribution in [3.63, 3.8) is 0 Å². The van der Waals surface area contributed by atoms with Gasteiger partial charge in [-0.1, -0.05) is 182 Å². The number of para-hydroxylation sites is 3. The molecule has 0 radical (unpaired) electrons. The molecular formula is C54H38N2Si. The minimum Gasteiger partial charge on any atom is -0.309 e. The molecule has 0 atom stereocenters. The van der Waals surface area contributed by atoms with E-state index in [0.717, 1.165) is 11.4 Å². The van der Waals surface area contributed by atoms with Gasteiger partial charge >= 0.3 is 0 Å². The first-order valence-electron chi connectivity index (χ1n) is 19.7. The van der Waals surface area contributed by atoms with Crippen LogP contribution in [0.3, 0.4) is 0 Å².